The molecule has 2 aromatic rings. The van der Waals surface area contributed by atoms with Crippen molar-refractivity contribution in [2.75, 3.05) is 32.0 Å². The molecule has 2 amide bonds. The van der Waals surface area contributed by atoms with E-state index in [0.717, 1.165) is 27.3 Å². The molecule has 0 bridgehead atoms. The van der Waals surface area contributed by atoms with E-state index in [2.05, 4.69) is 17.4 Å². The minimum Gasteiger partial charge on any atom is -0.334 e. The molecule has 150 valence electrons. The minimum absolute atomic E-state index is 0.0550. The Bertz CT molecular complexity index is 795. The summed E-state index contributed by atoms with van der Waals surface area (Å²) >= 11 is 0. The van der Waals surface area contributed by atoms with Gasteiger partial charge in [0.05, 0.1) is 7.05 Å². The fraction of sp³-hybridized carbons (Fsp3) is 0.391. The number of rotatable bonds is 8. The quantitative estimate of drug-likeness (QED) is 0.735. The number of hydrogen-bond acceptors (Lipinski definition) is 2. The van der Waals surface area contributed by atoms with Crippen LogP contribution in [0, 0.1) is 20.8 Å². The Balaban J connectivity index is 1.90. The van der Waals surface area contributed by atoms with Crippen LogP contribution in [0.15, 0.2) is 42.5 Å². The van der Waals surface area contributed by atoms with Crippen molar-refractivity contribution < 1.29 is 14.5 Å². The van der Waals surface area contributed by atoms with E-state index in [4.69, 9.17) is 0 Å². The Morgan fingerprint density at radius 3 is 2.18 bits per heavy atom. The monoisotopic (exact) mass is 382 g/mol. The molecule has 0 aromatic heterocycles. The highest BCUT2D eigenvalue weighted by Crippen LogP contribution is 2.21. The first kappa shape index (κ1) is 21.6. The number of aryl methyl sites for hydroxylation is 3. The smallest absolute Gasteiger partial charge is 0.279 e. The SMILES string of the molecule is CCN(Cc1ccccc1)C(=O)C[NH+](C)CC(=O)Nc1c(C)cc(C)cc1C. The summed E-state index contributed by atoms with van der Waals surface area (Å²) in [5.41, 5.74) is 5.27. The predicted octanol–water partition coefficient (Wildman–Crippen LogP) is 2.11. The Hall–Kier alpha value is -2.66. The number of anilines is 1. The van der Waals surface area contributed by atoms with Gasteiger partial charge in [0.2, 0.25) is 0 Å². The Morgan fingerprint density at radius 2 is 1.61 bits per heavy atom. The molecule has 1 unspecified atom stereocenters. The second-order valence-corrected chi connectivity index (χ2v) is 7.53. The largest absolute Gasteiger partial charge is 0.334 e. The number of quaternary nitrogens is 1. The maximum atomic E-state index is 12.6. The summed E-state index contributed by atoms with van der Waals surface area (Å²) in [6.07, 6.45) is 0. The normalized spacial score (nSPS) is 11.8. The molecule has 5 nitrogen and oxygen atoms in total. The molecular formula is C23H32N3O2+. The van der Waals surface area contributed by atoms with Gasteiger partial charge in [0, 0.05) is 18.8 Å². The molecule has 0 heterocycles. The zero-order chi connectivity index (χ0) is 20.7. The van der Waals surface area contributed by atoms with E-state index in [1.807, 2.05) is 70.0 Å². The molecule has 28 heavy (non-hydrogen) atoms. The van der Waals surface area contributed by atoms with Crippen LogP contribution in [-0.4, -0.2) is 43.4 Å². The van der Waals surface area contributed by atoms with Gasteiger partial charge in [0.1, 0.15) is 0 Å². The van der Waals surface area contributed by atoms with E-state index in [0.29, 0.717) is 19.6 Å². The third kappa shape index (κ3) is 6.20. The molecule has 0 saturated carbocycles. The summed E-state index contributed by atoms with van der Waals surface area (Å²) in [5.74, 6) is -0.0224. The Kier molecular flexibility index (Phi) is 7.76. The number of carbonyl (C=O) groups excluding carboxylic acids is 2. The molecule has 2 rings (SSSR count). The third-order valence-electron chi connectivity index (χ3n) is 4.81. The zero-order valence-corrected chi connectivity index (χ0v) is 17.6. The average Bonchev–Trinajstić information content (AvgIpc) is 2.63. The highest BCUT2D eigenvalue weighted by molar-refractivity contribution is 5.93. The van der Waals surface area contributed by atoms with Gasteiger partial charge in [-0.2, -0.15) is 0 Å². The van der Waals surface area contributed by atoms with Crippen molar-refractivity contribution in [3.05, 3.63) is 64.7 Å². The molecule has 0 radical (unpaired) electrons. The average molecular weight is 383 g/mol. The van der Waals surface area contributed by atoms with Crippen LogP contribution >= 0.6 is 0 Å². The molecule has 5 heteroatoms. The van der Waals surface area contributed by atoms with Crippen LogP contribution in [0.5, 0.6) is 0 Å². The van der Waals surface area contributed by atoms with Crippen molar-refractivity contribution in [1.82, 2.24) is 4.90 Å². The Morgan fingerprint density at radius 1 is 1.00 bits per heavy atom. The van der Waals surface area contributed by atoms with Crippen molar-refractivity contribution >= 4 is 17.5 Å². The first-order valence-electron chi connectivity index (χ1n) is 9.80. The minimum atomic E-state index is -0.0774. The number of nitrogens with zero attached hydrogens (tertiary/aromatic N) is 1. The van der Waals surface area contributed by atoms with E-state index >= 15 is 0 Å². The number of carbonyl (C=O) groups is 2. The zero-order valence-electron chi connectivity index (χ0n) is 17.6. The van der Waals surface area contributed by atoms with Crippen molar-refractivity contribution in [3.63, 3.8) is 0 Å². The van der Waals surface area contributed by atoms with Crippen LogP contribution in [-0.2, 0) is 16.1 Å². The maximum Gasteiger partial charge on any atom is 0.279 e. The third-order valence-corrected chi connectivity index (χ3v) is 4.81. The number of benzene rings is 2. The molecule has 1 atom stereocenters. The van der Waals surface area contributed by atoms with Crippen LogP contribution in [0.3, 0.4) is 0 Å². The molecule has 0 aliphatic rings. The van der Waals surface area contributed by atoms with Gasteiger partial charge in [-0.05, 0) is 44.4 Å². The lowest BCUT2D eigenvalue weighted by molar-refractivity contribution is -0.862. The van der Waals surface area contributed by atoms with E-state index in [1.165, 1.54) is 5.56 Å². The van der Waals surface area contributed by atoms with E-state index < -0.39 is 0 Å². The van der Waals surface area contributed by atoms with Crippen LogP contribution in [0.4, 0.5) is 5.69 Å². The first-order valence-corrected chi connectivity index (χ1v) is 9.80. The molecule has 0 fully saturated rings. The number of likely N-dealkylation sites (N-methyl/N-ethyl adjacent to an activating group) is 2. The predicted molar refractivity (Wildman–Crippen MR) is 113 cm³/mol. The van der Waals surface area contributed by atoms with Gasteiger partial charge in [-0.1, -0.05) is 48.0 Å². The summed E-state index contributed by atoms with van der Waals surface area (Å²) in [6.45, 7) is 9.81. The van der Waals surface area contributed by atoms with Crippen molar-refractivity contribution in [1.29, 1.82) is 0 Å². The van der Waals surface area contributed by atoms with Gasteiger partial charge < -0.3 is 15.1 Å². The fourth-order valence-corrected chi connectivity index (χ4v) is 3.45. The van der Waals surface area contributed by atoms with Crippen LogP contribution in [0.1, 0.15) is 29.2 Å². The summed E-state index contributed by atoms with van der Waals surface area (Å²) in [4.78, 5) is 27.8. The van der Waals surface area contributed by atoms with Gasteiger partial charge in [-0.3, -0.25) is 9.59 Å². The maximum absolute atomic E-state index is 12.6. The lowest BCUT2D eigenvalue weighted by Gasteiger charge is -2.23. The summed E-state index contributed by atoms with van der Waals surface area (Å²) in [6, 6.07) is 14.1. The molecule has 2 aromatic carbocycles. The second kappa shape index (κ2) is 10.0. The number of hydrogen-bond donors (Lipinski definition) is 2. The summed E-state index contributed by atoms with van der Waals surface area (Å²) in [7, 11) is 1.88. The molecule has 0 spiro atoms. The Labute approximate surface area is 168 Å². The first-order chi connectivity index (χ1) is 13.3. The second-order valence-electron chi connectivity index (χ2n) is 7.53. The van der Waals surface area contributed by atoms with Gasteiger partial charge >= 0.3 is 0 Å². The lowest BCUT2D eigenvalue weighted by atomic mass is 10.1. The van der Waals surface area contributed by atoms with E-state index in [-0.39, 0.29) is 18.4 Å². The topological polar surface area (TPSA) is 53.9 Å². The number of nitrogens with one attached hydrogen (secondary N) is 2. The molecule has 0 aliphatic carbocycles. The van der Waals surface area contributed by atoms with Crippen molar-refractivity contribution in [2.45, 2.75) is 34.2 Å². The van der Waals surface area contributed by atoms with Crippen molar-refractivity contribution in [3.8, 4) is 0 Å². The van der Waals surface area contributed by atoms with Crippen LogP contribution in [0.25, 0.3) is 0 Å². The van der Waals surface area contributed by atoms with Gasteiger partial charge in [-0.25, -0.2) is 0 Å². The summed E-state index contributed by atoms with van der Waals surface area (Å²) < 4.78 is 0. The molecule has 0 saturated heterocycles. The van der Waals surface area contributed by atoms with Crippen LogP contribution < -0.4 is 10.2 Å². The number of amides is 2. The summed E-state index contributed by atoms with van der Waals surface area (Å²) in [5, 5.41) is 3.01. The van der Waals surface area contributed by atoms with Gasteiger partial charge in [-0.15, -0.1) is 0 Å². The van der Waals surface area contributed by atoms with Crippen LogP contribution in [0.2, 0.25) is 0 Å². The van der Waals surface area contributed by atoms with Gasteiger partial charge in [0.15, 0.2) is 13.1 Å². The fourth-order valence-electron chi connectivity index (χ4n) is 3.45. The van der Waals surface area contributed by atoms with Crippen molar-refractivity contribution in [2.24, 2.45) is 0 Å². The lowest BCUT2D eigenvalue weighted by Crippen LogP contribution is -3.11. The molecular weight excluding hydrogens is 350 g/mol. The van der Waals surface area contributed by atoms with Gasteiger partial charge in [0.25, 0.3) is 11.8 Å². The standard InChI is InChI=1S/C23H31N3O2/c1-6-26(14-20-10-8-7-9-11-20)22(28)16-25(5)15-21(27)24-23-18(3)12-17(2)13-19(23)4/h7-13H,6,14-16H2,1-5H3,(H,24,27)/p+1. The highest BCUT2D eigenvalue weighted by atomic mass is 16.2. The molecule has 0 aliphatic heterocycles. The van der Waals surface area contributed by atoms with E-state index in [1.54, 1.807) is 0 Å². The highest BCUT2D eigenvalue weighted by Gasteiger charge is 2.19. The van der Waals surface area contributed by atoms with E-state index in [9.17, 15) is 9.59 Å². The molecule has 2 N–H and O–H groups in total.